The average Bonchev–Trinajstić information content (AvgIpc) is 2.48. The number of hydrogen-bond acceptors (Lipinski definition) is 2. The van der Waals surface area contributed by atoms with Gasteiger partial charge in [0.2, 0.25) is 0 Å². The van der Waals surface area contributed by atoms with Gasteiger partial charge < -0.3 is 10.1 Å². The number of rotatable bonds is 10. The minimum Gasteiger partial charge on any atom is -0.383 e. The highest BCUT2D eigenvalue weighted by Gasteiger charge is 2.36. The third kappa shape index (κ3) is 5.43. The first kappa shape index (κ1) is 17.0. The van der Waals surface area contributed by atoms with Crippen molar-refractivity contribution in [3.63, 3.8) is 0 Å². The molecule has 1 saturated carbocycles. The van der Waals surface area contributed by atoms with Crippen molar-refractivity contribution in [3.8, 4) is 0 Å². The van der Waals surface area contributed by atoms with Gasteiger partial charge in [0.15, 0.2) is 0 Å². The Kier molecular flexibility index (Phi) is 8.72. The van der Waals surface area contributed by atoms with Gasteiger partial charge in [-0.05, 0) is 37.0 Å². The van der Waals surface area contributed by atoms with Gasteiger partial charge >= 0.3 is 0 Å². The van der Waals surface area contributed by atoms with E-state index in [1.807, 2.05) is 0 Å². The predicted octanol–water partition coefficient (Wildman–Crippen LogP) is 4.39. The Bertz CT molecular complexity index is 213. The first-order valence-electron chi connectivity index (χ1n) is 8.48. The Labute approximate surface area is 120 Å². The summed E-state index contributed by atoms with van der Waals surface area (Å²) in [6, 6.07) is 0. The molecule has 0 radical (unpaired) electrons. The molecule has 0 aromatic carbocycles. The summed E-state index contributed by atoms with van der Waals surface area (Å²) in [5, 5.41) is 3.66. The van der Waals surface area contributed by atoms with Gasteiger partial charge in [0, 0.05) is 20.2 Å². The van der Waals surface area contributed by atoms with Crippen LogP contribution in [0.1, 0.15) is 71.6 Å². The van der Waals surface area contributed by atoms with Gasteiger partial charge in [0.25, 0.3) is 0 Å². The van der Waals surface area contributed by atoms with Crippen LogP contribution in [-0.2, 0) is 4.74 Å². The highest BCUT2D eigenvalue weighted by Crippen LogP contribution is 2.44. The summed E-state index contributed by atoms with van der Waals surface area (Å²) >= 11 is 0. The molecule has 0 saturated heterocycles. The van der Waals surface area contributed by atoms with Crippen LogP contribution in [0.4, 0.5) is 0 Å². The number of nitrogens with one attached hydrogen (secondary N) is 1. The molecule has 1 N–H and O–H groups in total. The molecule has 1 fully saturated rings. The SMILES string of the molecule is CCCCC(CC)(CNCCOC)C1CCCCC1. The smallest absolute Gasteiger partial charge is 0.0587 e. The van der Waals surface area contributed by atoms with Crippen molar-refractivity contribution in [3.05, 3.63) is 0 Å². The maximum atomic E-state index is 5.15. The van der Waals surface area contributed by atoms with E-state index in [9.17, 15) is 0 Å². The highest BCUT2D eigenvalue weighted by molar-refractivity contribution is 4.89. The lowest BCUT2D eigenvalue weighted by Gasteiger charge is -2.43. The first-order chi connectivity index (χ1) is 9.29. The summed E-state index contributed by atoms with van der Waals surface area (Å²) < 4.78 is 5.15. The normalized spacial score (nSPS) is 20.4. The standard InChI is InChI=1S/C17H35NO/c1-4-6-12-17(5-2,15-18-13-14-19-3)16-10-8-7-9-11-16/h16,18H,4-15H2,1-3H3. The van der Waals surface area contributed by atoms with E-state index in [0.717, 1.165) is 19.1 Å². The summed E-state index contributed by atoms with van der Waals surface area (Å²) in [5.41, 5.74) is 0.546. The molecule has 1 rings (SSSR count). The van der Waals surface area contributed by atoms with Crippen LogP contribution in [-0.4, -0.2) is 26.8 Å². The Morgan fingerprint density at radius 1 is 1.16 bits per heavy atom. The second-order valence-electron chi connectivity index (χ2n) is 6.32. The molecule has 0 heterocycles. The molecule has 0 spiro atoms. The molecule has 1 atom stereocenters. The summed E-state index contributed by atoms with van der Waals surface area (Å²) in [6.45, 7) is 7.74. The van der Waals surface area contributed by atoms with Gasteiger partial charge in [0.05, 0.1) is 6.61 Å². The lowest BCUT2D eigenvalue weighted by molar-refractivity contribution is 0.0894. The molecule has 0 bridgehead atoms. The van der Waals surface area contributed by atoms with Crippen LogP contribution in [0.2, 0.25) is 0 Å². The van der Waals surface area contributed by atoms with E-state index in [1.54, 1.807) is 7.11 Å². The minimum atomic E-state index is 0.546. The number of hydrogen-bond donors (Lipinski definition) is 1. The lowest BCUT2D eigenvalue weighted by Crippen LogP contribution is -2.42. The van der Waals surface area contributed by atoms with Crippen molar-refractivity contribution >= 4 is 0 Å². The monoisotopic (exact) mass is 269 g/mol. The third-order valence-corrected chi connectivity index (χ3v) is 5.16. The Balaban J connectivity index is 2.57. The molecule has 2 nitrogen and oxygen atoms in total. The molecule has 114 valence electrons. The van der Waals surface area contributed by atoms with Crippen LogP contribution in [0, 0.1) is 11.3 Å². The third-order valence-electron chi connectivity index (χ3n) is 5.16. The molecule has 0 aromatic heterocycles. The van der Waals surface area contributed by atoms with Gasteiger partial charge in [0.1, 0.15) is 0 Å². The summed E-state index contributed by atoms with van der Waals surface area (Å²) in [6.07, 6.45) is 12.7. The number of unbranched alkanes of at least 4 members (excludes halogenated alkanes) is 1. The highest BCUT2D eigenvalue weighted by atomic mass is 16.5. The van der Waals surface area contributed by atoms with Gasteiger partial charge in [-0.1, -0.05) is 46.0 Å². The van der Waals surface area contributed by atoms with Crippen molar-refractivity contribution < 1.29 is 4.74 Å². The molecule has 0 aliphatic heterocycles. The maximum absolute atomic E-state index is 5.15. The number of methoxy groups -OCH3 is 1. The van der Waals surface area contributed by atoms with Crippen molar-refractivity contribution in [2.75, 3.05) is 26.8 Å². The molecular formula is C17H35NO. The van der Waals surface area contributed by atoms with Crippen LogP contribution in [0.25, 0.3) is 0 Å². The Morgan fingerprint density at radius 3 is 2.47 bits per heavy atom. The van der Waals surface area contributed by atoms with Crippen LogP contribution >= 0.6 is 0 Å². The van der Waals surface area contributed by atoms with Crippen molar-refractivity contribution in [1.29, 1.82) is 0 Å². The molecule has 1 aliphatic rings. The minimum absolute atomic E-state index is 0.546. The second kappa shape index (κ2) is 9.77. The lowest BCUT2D eigenvalue weighted by atomic mass is 9.64. The fourth-order valence-corrected chi connectivity index (χ4v) is 3.78. The summed E-state index contributed by atoms with van der Waals surface area (Å²) in [5.74, 6) is 0.952. The van der Waals surface area contributed by atoms with Crippen LogP contribution in [0.5, 0.6) is 0 Å². The zero-order valence-electron chi connectivity index (χ0n) is 13.5. The summed E-state index contributed by atoms with van der Waals surface area (Å²) in [7, 11) is 1.78. The molecule has 0 aromatic rings. The van der Waals surface area contributed by atoms with Crippen LogP contribution in [0.15, 0.2) is 0 Å². The van der Waals surface area contributed by atoms with E-state index in [0.29, 0.717) is 5.41 Å². The average molecular weight is 269 g/mol. The quantitative estimate of drug-likeness (QED) is 0.594. The molecule has 1 aliphatic carbocycles. The van der Waals surface area contributed by atoms with E-state index in [1.165, 1.54) is 64.3 Å². The van der Waals surface area contributed by atoms with E-state index >= 15 is 0 Å². The molecule has 0 amide bonds. The van der Waals surface area contributed by atoms with Crippen LogP contribution < -0.4 is 5.32 Å². The molecule has 2 heteroatoms. The molecule has 19 heavy (non-hydrogen) atoms. The van der Waals surface area contributed by atoms with E-state index in [4.69, 9.17) is 4.74 Å². The van der Waals surface area contributed by atoms with Crippen molar-refractivity contribution in [2.45, 2.75) is 71.6 Å². The van der Waals surface area contributed by atoms with Gasteiger partial charge in [-0.2, -0.15) is 0 Å². The van der Waals surface area contributed by atoms with Gasteiger partial charge in [-0.25, -0.2) is 0 Å². The predicted molar refractivity (Wildman–Crippen MR) is 83.6 cm³/mol. The maximum Gasteiger partial charge on any atom is 0.0587 e. The van der Waals surface area contributed by atoms with Gasteiger partial charge in [-0.15, -0.1) is 0 Å². The van der Waals surface area contributed by atoms with E-state index in [-0.39, 0.29) is 0 Å². The number of ether oxygens (including phenoxy) is 1. The first-order valence-corrected chi connectivity index (χ1v) is 8.48. The zero-order valence-corrected chi connectivity index (χ0v) is 13.5. The van der Waals surface area contributed by atoms with Gasteiger partial charge in [-0.3, -0.25) is 0 Å². The Morgan fingerprint density at radius 2 is 1.89 bits per heavy atom. The summed E-state index contributed by atoms with van der Waals surface area (Å²) in [4.78, 5) is 0. The fourth-order valence-electron chi connectivity index (χ4n) is 3.78. The second-order valence-corrected chi connectivity index (χ2v) is 6.32. The van der Waals surface area contributed by atoms with Crippen LogP contribution in [0.3, 0.4) is 0 Å². The topological polar surface area (TPSA) is 21.3 Å². The van der Waals surface area contributed by atoms with Crippen molar-refractivity contribution in [1.82, 2.24) is 5.32 Å². The van der Waals surface area contributed by atoms with Crippen molar-refractivity contribution in [2.24, 2.45) is 11.3 Å². The van der Waals surface area contributed by atoms with E-state index < -0.39 is 0 Å². The zero-order chi connectivity index (χ0) is 14.0. The Hall–Kier alpha value is -0.0800. The largest absolute Gasteiger partial charge is 0.383 e. The molecule has 1 unspecified atom stereocenters. The fraction of sp³-hybridized carbons (Fsp3) is 1.00. The van der Waals surface area contributed by atoms with E-state index in [2.05, 4.69) is 19.2 Å². The molecular weight excluding hydrogens is 234 g/mol.